The number of urea groups is 1. The van der Waals surface area contributed by atoms with Crippen molar-refractivity contribution < 1.29 is 14.3 Å². The third kappa shape index (κ3) is 8.63. The molecule has 1 aliphatic heterocycles. The Morgan fingerprint density at radius 3 is 2.68 bits per heavy atom. The van der Waals surface area contributed by atoms with Gasteiger partial charge in [0, 0.05) is 48.9 Å². The van der Waals surface area contributed by atoms with Gasteiger partial charge in [0.15, 0.2) is 0 Å². The van der Waals surface area contributed by atoms with Gasteiger partial charge in [0.05, 0.1) is 6.42 Å². The molecule has 2 unspecified atom stereocenters. The fourth-order valence-electron chi connectivity index (χ4n) is 5.35. The van der Waals surface area contributed by atoms with Crippen LogP contribution in [0.3, 0.4) is 0 Å². The van der Waals surface area contributed by atoms with E-state index in [9.17, 15) is 9.59 Å². The molecule has 2 atom stereocenters. The lowest BCUT2D eigenvalue weighted by Crippen LogP contribution is -2.46. The SMILES string of the molecule is C=CC=C(C)CN(C)CC1Oc2ccc(NC(=O)NC3CCCCC3)cc2CC(=O)N(C(C)C)CC1C. The predicted octanol–water partition coefficient (Wildman–Crippen LogP) is 5.38. The van der Waals surface area contributed by atoms with Crippen LogP contribution in [0.25, 0.3) is 0 Å². The molecule has 3 rings (SSSR count). The lowest BCUT2D eigenvalue weighted by atomic mass is 9.96. The number of nitrogens with zero attached hydrogens (tertiary/aromatic N) is 2. The molecule has 0 saturated heterocycles. The van der Waals surface area contributed by atoms with Gasteiger partial charge in [0.25, 0.3) is 0 Å². The molecule has 7 heteroatoms. The monoisotopic (exact) mass is 510 g/mol. The number of fused-ring (bicyclic) bond motifs is 1. The minimum Gasteiger partial charge on any atom is -0.488 e. The molecule has 0 bridgehead atoms. The van der Waals surface area contributed by atoms with Gasteiger partial charge in [-0.05, 0) is 58.9 Å². The maximum absolute atomic E-state index is 13.4. The van der Waals surface area contributed by atoms with Gasteiger partial charge in [-0.1, -0.05) is 50.5 Å². The topological polar surface area (TPSA) is 73.9 Å². The molecule has 1 saturated carbocycles. The summed E-state index contributed by atoms with van der Waals surface area (Å²) in [6, 6.07) is 5.78. The van der Waals surface area contributed by atoms with Crippen LogP contribution in [-0.4, -0.2) is 66.6 Å². The summed E-state index contributed by atoms with van der Waals surface area (Å²) in [5.74, 6) is 0.928. The predicted molar refractivity (Wildman–Crippen MR) is 151 cm³/mol. The van der Waals surface area contributed by atoms with Gasteiger partial charge in [0.1, 0.15) is 11.9 Å². The standard InChI is InChI=1S/C30H46N4O3/c1-7-11-22(4)18-33(6)20-28-23(5)19-34(21(2)3)29(35)17-24-16-26(14-15-27(24)37-28)32-30(36)31-25-12-9-8-10-13-25/h7,11,14-16,21,23,25,28H,1,8-10,12-13,17-20H2,2-6H3,(H2,31,32,36). The molecule has 2 N–H and O–H groups in total. The van der Waals surface area contributed by atoms with E-state index >= 15 is 0 Å². The largest absolute Gasteiger partial charge is 0.488 e. The number of carbonyl (C=O) groups excluding carboxylic acids is 2. The smallest absolute Gasteiger partial charge is 0.319 e. The summed E-state index contributed by atoms with van der Waals surface area (Å²) in [4.78, 5) is 30.2. The molecule has 1 aromatic carbocycles. The summed E-state index contributed by atoms with van der Waals surface area (Å²) in [7, 11) is 2.09. The van der Waals surface area contributed by atoms with Crippen LogP contribution in [0.4, 0.5) is 10.5 Å². The molecule has 0 radical (unpaired) electrons. The highest BCUT2D eigenvalue weighted by Crippen LogP contribution is 2.29. The van der Waals surface area contributed by atoms with Crippen molar-refractivity contribution in [2.24, 2.45) is 5.92 Å². The van der Waals surface area contributed by atoms with Crippen LogP contribution < -0.4 is 15.4 Å². The Morgan fingerprint density at radius 1 is 1.27 bits per heavy atom. The third-order valence-corrected chi connectivity index (χ3v) is 7.36. The number of rotatable bonds is 8. The van der Waals surface area contributed by atoms with Gasteiger partial charge in [-0.3, -0.25) is 9.69 Å². The van der Waals surface area contributed by atoms with Crippen LogP contribution in [0, 0.1) is 5.92 Å². The summed E-state index contributed by atoms with van der Waals surface area (Å²) in [5, 5.41) is 6.07. The maximum atomic E-state index is 13.4. The Hall–Kier alpha value is -2.80. The van der Waals surface area contributed by atoms with Crippen LogP contribution in [0.15, 0.2) is 42.5 Å². The fraction of sp³-hybridized carbons (Fsp3) is 0.600. The first-order valence-electron chi connectivity index (χ1n) is 13.8. The van der Waals surface area contributed by atoms with Gasteiger partial charge in [-0.2, -0.15) is 0 Å². The second-order valence-corrected chi connectivity index (χ2v) is 11.2. The number of nitrogens with one attached hydrogen (secondary N) is 2. The minimum absolute atomic E-state index is 0.0780. The molecule has 3 amide bonds. The molecular formula is C30H46N4O3. The van der Waals surface area contributed by atoms with Crippen molar-refractivity contribution >= 4 is 17.6 Å². The van der Waals surface area contributed by atoms with Gasteiger partial charge >= 0.3 is 6.03 Å². The second kappa shape index (κ2) is 13.7. The van der Waals surface area contributed by atoms with Gasteiger partial charge < -0.3 is 20.3 Å². The zero-order valence-corrected chi connectivity index (χ0v) is 23.4. The number of hydrogen-bond donors (Lipinski definition) is 2. The second-order valence-electron chi connectivity index (χ2n) is 11.2. The fourth-order valence-corrected chi connectivity index (χ4v) is 5.35. The number of anilines is 1. The summed E-state index contributed by atoms with van der Waals surface area (Å²) in [6.07, 6.45) is 9.60. The van der Waals surface area contributed by atoms with E-state index in [1.165, 1.54) is 12.0 Å². The van der Waals surface area contributed by atoms with Crippen molar-refractivity contribution in [1.82, 2.24) is 15.1 Å². The van der Waals surface area contributed by atoms with E-state index in [1.54, 1.807) is 0 Å². The highest BCUT2D eigenvalue weighted by atomic mass is 16.5. The highest BCUT2D eigenvalue weighted by Gasteiger charge is 2.30. The van der Waals surface area contributed by atoms with E-state index in [1.807, 2.05) is 35.3 Å². The molecule has 2 aliphatic rings. The summed E-state index contributed by atoms with van der Waals surface area (Å²) >= 11 is 0. The third-order valence-electron chi connectivity index (χ3n) is 7.36. The lowest BCUT2D eigenvalue weighted by molar-refractivity contribution is -0.133. The van der Waals surface area contributed by atoms with Gasteiger partial charge in [0.2, 0.25) is 5.91 Å². The van der Waals surface area contributed by atoms with Crippen molar-refractivity contribution in [3.63, 3.8) is 0 Å². The molecule has 0 spiro atoms. The average molecular weight is 511 g/mol. The van der Waals surface area contributed by atoms with Crippen molar-refractivity contribution in [3.05, 3.63) is 48.1 Å². The van der Waals surface area contributed by atoms with E-state index in [4.69, 9.17) is 4.74 Å². The van der Waals surface area contributed by atoms with Crippen LogP contribution in [0.1, 0.15) is 65.4 Å². The lowest BCUT2D eigenvalue weighted by Gasteiger charge is -2.33. The number of likely N-dealkylation sites (N-methyl/N-ethyl adjacent to an activating group) is 1. The van der Waals surface area contributed by atoms with Crippen molar-refractivity contribution in [1.29, 1.82) is 0 Å². The Bertz CT molecular complexity index is 968. The zero-order chi connectivity index (χ0) is 26.9. The molecule has 1 fully saturated rings. The Kier molecular flexibility index (Phi) is 10.6. The number of amides is 3. The average Bonchev–Trinajstić information content (AvgIpc) is 2.87. The molecule has 7 nitrogen and oxygen atoms in total. The normalized spacial score (nSPS) is 21.5. The summed E-state index contributed by atoms with van der Waals surface area (Å²) in [6.45, 7) is 14.3. The first-order valence-corrected chi connectivity index (χ1v) is 13.8. The van der Waals surface area contributed by atoms with Gasteiger partial charge in [-0.25, -0.2) is 4.79 Å². The van der Waals surface area contributed by atoms with Crippen LogP contribution in [-0.2, 0) is 11.2 Å². The molecule has 204 valence electrons. The van der Waals surface area contributed by atoms with Crippen LogP contribution in [0.5, 0.6) is 5.75 Å². The van der Waals surface area contributed by atoms with Crippen molar-refractivity contribution in [2.75, 3.05) is 32.0 Å². The molecule has 1 heterocycles. The first-order chi connectivity index (χ1) is 17.7. The van der Waals surface area contributed by atoms with E-state index in [-0.39, 0.29) is 42.5 Å². The van der Waals surface area contributed by atoms with E-state index in [0.717, 1.165) is 44.3 Å². The van der Waals surface area contributed by atoms with Crippen LogP contribution >= 0.6 is 0 Å². The summed E-state index contributed by atoms with van der Waals surface area (Å²) < 4.78 is 6.61. The molecule has 1 aromatic rings. The first kappa shape index (κ1) is 28.8. The molecule has 0 aromatic heterocycles. The number of hydrogen-bond acceptors (Lipinski definition) is 4. The Morgan fingerprint density at radius 2 is 2.00 bits per heavy atom. The molecule has 1 aliphatic carbocycles. The van der Waals surface area contributed by atoms with Gasteiger partial charge in [-0.15, -0.1) is 0 Å². The molecule has 37 heavy (non-hydrogen) atoms. The van der Waals surface area contributed by atoms with E-state index < -0.39 is 0 Å². The van der Waals surface area contributed by atoms with Crippen LogP contribution in [0.2, 0.25) is 0 Å². The number of ether oxygens (including phenoxy) is 1. The van der Waals surface area contributed by atoms with E-state index in [2.05, 4.69) is 56.9 Å². The maximum Gasteiger partial charge on any atom is 0.319 e. The van der Waals surface area contributed by atoms with Crippen molar-refractivity contribution in [3.8, 4) is 5.75 Å². The summed E-state index contributed by atoms with van der Waals surface area (Å²) in [5.41, 5.74) is 2.70. The minimum atomic E-state index is -0.193. The van der Waals surface area contributed by atoms with E-state index in [0.29, 0.717) is 18.0 Å². The quantitative estimate of drug-likeness (QED) is 0.461. The number of benzene rings is 1. The Balaban J connectivity index is 1.80. The Labute approximate surface area is 223 Å². The number of allylic oxidation sites excluding steroid dienone is 2. The van der Waals surface area contributed by atoms with Crippen molar-refractivity contribution in [2.45, 2.75) is 84.4 Å². The highest BCUT2D eigenvalue weighted by molar-refractivity contribution is 5.90. The zero-order valence-electron chi connectivity index (χ0n) is 23.4. The molecular weight excluding hydrogens is 464 g/mol. The number of carbonyl (C=O) groups is 2.